The van der Waals surface area contributed by atoms with Crippen molar-refractivity contribution in [3.63, 3.8) is 0 Å². The SMILES string of the molecule is CCC(CC)n1c(COc2ccccc2Cl)nnc1SCC(=O)N(C)C(C)c1ccccc1. The number of nitrogens with zero attached hydrogens (tertiary/aromatic N) is 4. The van der Waals surface area contributed by atoms with Crippen LogP contribution >= 0.6 is 23.4 Å². The molecule has 0 radical (unpaired) electrons. The standard InChI is InChI=1S/C25H31ClN4O2S/c1-5-20(6-2)30-23(16-32-22-15-11-10-14-21(22)26)27-28-25(30)33-17-24(31)29(4)18(3)19-12-8-7-9-13-19/h7-15,18,20H,5-6,16-17H2,1-4H3. The topological polar surface area (TPSA) is 60.2 Å². The van der Waals surface area contributed by atoms with E-state index in [4.69, 9.17) is 16.3 Å². The number of thioether (sulfide) groups is 1. The highest BCUT2D eigenvalue weighted by Gasteiger charge is 2.22. The predicted octanol–water partition coefficient (Wildman–Crippen LogP) is 6.18. The Balaban J connectivity index is 1.71. The Kier molecular flexibility index (Phi) is 9.21. The number of rotatable bonds is 11. The van der Waals surface area contributed by atoms with Crippen LogP contribution in [0, 0.1) is 0 Å². The van der Waals surface area contributed by atoms with Gasteiger partial charge in [0.05, 0.1) is 16.8 Å². The Labute approximate surface area is 205 Å². The van der Waals surface area contributed by atoms with E-state index in [9.17, 15) is 4.79 Å². The van der Waals surface area contributed by atoms with E-state index in [2.05, 4.69) is 28.6 Å². The Morgan fingerprint density at radius 3 is 2.42 bits per heavy atom. The van der Waals surface area contributed by atoms with Crippen LogP contribution in [0.15, 0.2) is 59.8 Å². The van der Waals surface area contributed by atoms with Crippen molar-refractivity contribution >= 4 is 29.3 Å². The lowest BCUT2D eigenvalue weighted by atomic mass is 10.1. The zero-order valence-corrected chi connectivity index (χ0v) is 21.1. The van der Waals surface area contributed by atoms with E-state index < -0.39 is 0 Å². The number of benzene rings is 2. The van der Waals surface area contributed by atoms with Crippen molar-refractivity contribution in [2.75, 3.05) is 12.8 Å². The highest BCUT2D eigenvalue weighted by atomic mass is 35.5. The van der Waals surface area contributed by atoms with E-state index in [0.29, 0.717) is 10.8 Å². The largest absolute Gasteiger partial charge is 0.484 e. The van der Waals surface area contributed by atoms with E-state index in [-0.39, 0.29) is 30.4 Å². The smallest absolute Gasteiger partial charge is 0.233 e. The normalized spacial score (nSPS) is 12.1. The third-order valence-corrected chi connectivity index (χ3v) is 7.06. The van der Waals surface area contributed by atoms with Crippen LogP contribution in [0.1, 0.15) is 57.1 Å². The minimum atomic E-state index is -0.00390. The van der Waals surface area contributed by atoms with Crippen LogP contribution in [0.4, 0.5) is 0 Å². The molecule has 1 atom stereocenters. The molecule has 1 heterocycles. The average Bonchev–Trinajstić information content (AvgIpc) is 3.25. The number of para-hydroxylation sites is 1. The summed E-state index contributed by atoms with van der Waals surface area (Å²) >= 11 is 7.64. The Morgan fingerprint density at radius 1 is 1.09 bits per heavy atom. The first-order valence-corrected chi connectivity index (χ1v) is 12.6. The van der Waals surface area contributed by atoms with Gasteiger partial charge in [-0.3, -0.25) is 4.79 Å². The molecule has 1 aromatic heterocycles. The molecule has 1 amide bonds. The van der Waals surface area contributed by atoms with E-state index in [1.807, 2.05) is 62.5 Å². The molecule has 0 saturated heterocycles. The van der Waals surface area contributed by atoms with Gasteiger partial charge in [0.1, 0.15) is 12.4 Å². The molecule has 8 heteroatoms. The third kappa shape index (κ3) is 6.30. The van der Waals surface area contributed by atoms with E-state index in [1.54, 1.807) is 11.0 Å². The second kappa shape index (κ2) is 12.1. The molecule has 0 aliphatic heterocycles. The van der Waals surface area contributed by atoms with Crippen LogP contribution < -0.4 is 4.74 Å². The number of carbonyl (C=O) groups is 1. The maximum Gasteiger partial charge on any atom is 0.233 e. The number of amides is 1. The van der Waals surface area contributed by atoms with Gasteiger partial charge in [-0.2, -0.15) is 0 Å². The van der Waals surface area contributed by atoms with Crippen molar-refractivity contribution in [1.29, 1.82) is 0 Å². The molecule has 0 spiro atoms. The maximum absolute atomic E-state index is 12.9. The molecule has 6 nitrogen and oxygen atoms in total. The first kappa shape index (κ1) is 25.1. The van der Waals surface area contributed by atoms with Crippen LogP contribution in [-0.2, 0) is 11.4 Å². The maximum atomic E-state index is 12.9. The minimum absolute atomic E-state index is 0.00390. The summed E-state index contributed by atoms with van der Waals surface area (Å²) in [7, 11) is 1.84. The summed E-state index contributed by atoms with van der Waals surface area (Å²) in [5.41, 5.74) is 1.11. The first-order chi connectivity index (χ1) is 16.0. The van der Waals surface area contributed by atoms with Gasteiger partial charge >= 0.3 is 0 Å². The van der Waals surface area contributed by atoms with Crippen LogP contribution in [0.2, 0.25) is 5.02 Å². The lowest BCUT2D eigenvalue weighted by Crippen LogP contribution is -2.31. The summed E-state index contributed by atoms with van der Waals surface area (Å²) in [6.07, 6.45) is 1.86. The zero-order chi connectivity index (χ0) is 23.8. The van der Waals surface area contributed by atoms with Gasteiger partial charge in [-0.25, -0.2) is 0 Å². The van der Waals surface area contributed by atoms with Crippen molar-refractivity contribution < 1.29 is 9.53 Å². The summed E-state index contributed by atoms with van der Waals surface area (Å²) in [5.74, 6) is 1.67. The lowest BCUT2D eigenvalue weighted by Gasteiger charge is -2.25. The Morgan fingerprint density at radius 2 is 1.76 bits per heavy atom. The fourth-order valence-corrected chi connectivity index (χ4v) is 4.77. The molecule has 0 saturated carbocycles. The van der Waals surface area contributed by atoms with Gasteiger partial charge in [0.15, 0.2) is 11.0 Å². The molecule has 0 bridgehead atoms. The molecule has 0 aliphatic carbocycles. The van der Waals surface area contributed by atoms with E-state index >= 15 is 0 Å². The summed E-state index contributed by atoms with van der Waals surface area (Å²) in [4.78, 5) is 14.7. The number of ether oxygens (including phenoxy) is 1. The van der Waals surface area contributed by atoms with Crippen LogP contribution in [0.25, 0.3) is 0 Å². The van der Waals surface area contributed by atoms with Crippen molar-refractivity contribution in [3.8, 4) is 5.75 Å². The van der Waals surface area contributed by atoms with Crippen molar-refractivity contribution in [3.05, 3.63) is 71.0 Å². The van der Waals surface area contributed by atoms with Crippen LogP contribution in [0.5, 0.6) is 5.75 Å². The molecule has 0 N–H and O–H groups in total. The minimum Gasteiger partial charge on any atom is -0.484 e. The van der Waals surface area contributed by atoms with Gasteiger partial charge in [-0.05, 0) is 37.5 Å². The second-order valence-corrected chi connectivity index (χ2v) is 9.19. The monoisotopic (exact) mass is 486 g/mol. The fourth-order valence-electron chi connectivity index (χ4n) is 3.63. The quantitative estimate of drug-likeness (QED) is 0.303. The van der Waals surface area contributed by atoms with Crippen LogP contribution in [0.3, 0.4) is 0 Å². The van der Waals surface area contributed by atoms with Gasteiger partial charge in [0.25, 0.3) is 0 Å². The summed E-state index contributed by atoms with van der Waals surface area (Å²) < 4.78 is 8.03. The van der Waals surface area contributed by atoms with Crippen molar-refractivity contribution in [2.24, 2.45) is 0 Å². The number of halogens is 1. The van der Waals surface area contributed by atoms with Crippen LogP contribution in [-0.4, -0.2) is 38.4 Å². The number of hydrogen-bond donors (Lipinski definition) is 0. The highest BCUT2D eigenvalue weighted by Crippen LogP contribution is 2.29. The average molecular weight is 487 g/mol. The molecule has 0 fully saturated rings. The lowest BCUT2D eigenvalue weighted by molar-refractivity contribution is -0.128. The molecule has 176 valence electrons. The molecule has 3 rings (SSSR count). The van der Waals surface area contributed by atoms with Gasteiger partial charge in [0, 0.05) is 13.1 Å². The first-order valence-electron chi connectivity index (χ1n) is 11.2. The molecule has 2 aromatic carbocycles. The molecule has 3 aromatic rings. The molecule has 1 unspecified atom stereocenters. The Bertz CT molecular complexity index is 1040. The molecular formula is C25H31ClN4O2S. The summed E-state index contributed by atoms with van der Waals surface area (Å²) in [6, 6.07) is 17.6. The number of carbonyl (C=O) groups excluding carboxylic acids is 1. The molecule has 33 heavy (non-hydrogen) atoms. The number of hydrogen-bond acceptors (Lipinski definition) is 5. The van der Waals surface area contributed by atoms with Gasteiger partial charge < -0.3 is 14.2 Å². The fraction of sp³-hybridized carbons (Fsp3) is 0.400. The van der Waals surface area contributed by atoms with Crippen molar-refractivity contribution in [1.82, 2.24) is 19.7 Å². The van der Waals surface area contributed by atoms with E-state index in [1.165, 1.54) is 11.8 Å². The number of aromatic nitrogens is 3. The zero-order valence-electron chi connectivity index (χ0n) is 19.6. The Hall–Kier alpha value is -2.51. The van der Waals surface area contributed by atoms with Gasteiger partial charge in [-0.15, -0.1) is 10.2 Å². The summed E-state index contributed by atoms with van der Waals surface area (Å²) in [6.45, 7) is 6.57. The van der Waals surface area contributed by atoms with E-state index in [0.717, 1.165) is 29.4 Å². The molecule has 0 aliphatic rings. The predicted molar refractivity (Wildman–Crippen MR) is 134 cm³/mol. The van der Waals surface area contributed by atoms with Crippen molar-refractivity contribution in [2.45, 2.75) is 57.5 Å². The third-order valence-electron chi connectivity index (χ3n) is 5.82. The molecular weight excluding hydrogens is 456 g/mol. The highest BCUT2D eigenvalue weighted by molar-refractivity contribution is 7.99. The second-order valence-electron chi connectivity index (χ2n) is 7.84. The van der Waals surface area contributed by atoms with Gasteiger partial charge in [-0.1, -0.05) is 79.7 Å². The summed E-state index contributed by atoms with van der Waals surface area (Å²) in [5, 5.41) is 10.1. The van der Waals surface area contributed by atoms with Gasteiger partial charge in [0.2, 0.25) is 5.91 Å².